The van der Waals surface area contributed by atoms with Gasteiger partial charge in [-0.3, -0.25) is 19.4 Å². The van der Waals surface area contributed by atoms with Crippen LogP contribution in [0.15, 0.2) is 36.9 Å². The molecule has 1 aliphatic heterocycles. The van der Waals surface area contributed by atoms with Gasteiger partial charge in [-0.2, -0.15) is 13.2 Å². The summed E-state index contributed by atoms with van der Waals surface area (Å²) in [5, 5.41) is 5.37. The lowest BCUT2D eigenvalue weighted by Gasteiger charge is -2.37. The highest BCUT2D eigenvalue weighted by atomic mass is 19.4. The molecule has 1 aromatic rings. The molecule has 0 aromatic heterocycles. The van der Waals surface area contributed by atoms with Gasteiger partial charge in [-0.05, 0) is 31.2 Å². The van der Waals surface area contributed by atoms with E-state index in [1.54, 1.807) is 13.0 Å². The summed E-state index contributed by atoms with van der Waals surface area (Å²) >= 11 is 0. The first-order valence-corrected chi connectivity index (χ1v) is 9.03. The van der Waals surface area contributed by atoms with Crippen LogP contribution >= 0.6 is 0 Å². The zero-order valence-electron chi connectivity index (χ0n) is 15.8. The maximum absolute atomic E-state index is 12.6. The predicted octanol–water partition coefficient (Wildman–Crippen LogP) is 1.95. The van der Waals surface area contributed by atoms with Gasteiger partial charge >= 0.3 is 6.18 Å². The number of alkyl halides is 3. The maximum atomic E-state index is 12.6. The summed E-state index contributed by atoms with van der Waals surface area (Å²) in [7, 11) is 0. The van der Waals surface area contributed by atoms with E-state index in [2.05, 4.69) is 17.2 Å². The van der Waals surface area contributed by atoms with Gasteiger partial charge in [-0.25, -0.2) is 0 Å². The second kappa shape index (κ2) is 9.70. The molecule has 0 bridgehead atoms. The predicted molar refractivity (Wildman–Crippen MR) is 101 cm³/mol. The average molecular weight is 398 g/mol. The van der Waals surface area contributed by atoms with Gasteiger partial charge in [0.1, 0.15) is 0 Å². The monoisotopic (exact) mass is 398 g/mol. The molecule has 2 N–H and O–H groups in total. The van der Waals surface area contributed by atoms with E-state index in [0.29, 0.717) is 45.0 Å². The van der Waals surface area contributed by atoms with E-state index in [1.807, 2.05) is 9.80 Å². The van der Waals surface area contributed by atoms with E-state index in [4.69, 9.17) is 0 Å². The molecule has 0 saturated carbocycles. The molecular weight excluding hydrogens is 373 g/mol. The average Bonchev–Trinajstić information content (AvgIpc) is 2.66. The number of piperazine rings is 1. The normalized spacial score (nSPS) is 17.0. The van der Waals surface area contributed by atoms with E-state index in [-0.39, 0.29) is 11.8 Å². The van der Waals surface area contributed by atoms with Gasteiger partial charge in [-0.1, -0.05) is 6.08 Å². The minimum Gasteiger partial charge on any atom is -0.352 e. The Balaban J connectivity index is 1.81. The Morgan fingerprint density at radius 1 is 1.18 bits per heavy atom. The Morgan fingerprint density at radius 2 is 1.79 bits per heavy atom. The van der Waals surface area contributed by atoms with Crippen LogP contribution in [0.4, 0.5) is 18.9 Å². The molecule has 9 heteroatoms. The number of anilines is 1. The van der Waals surface area contributed by atoms with Crippen molar-refractivity contribution in [3.05, 3.63) is 42.5 Å². The van der Waals surface area contributed by atoms with E-state index in [1.165, 1.54) is 12.1 Å². The number of carbonyl (C=O) groups is 2. The number of halogens is 3. The molecule has 1 atom stereocenters. The summed E-state index contributed by atoms with van der Waals surface area (Å²) in [6.45, 7) is 8.58. The van der Waals surface area contributed by atoms with Gasteiger partial charge < -0.3 is 10.6 Å². The van der Waals surface area contributed by atoms with E-state index in [9.17, 15) is 22.8 Å². The van der Waals surface area contributed by atoms with Crippen LogP contribution in [0, 0.1) is 0 Å². The minimum atomic E-state index is -4.40. The summed E-state index contributed by atoms with van der Waals surface area (Å²) in [5.41, 5.74) is -0.436. The van der Waals surface area contributed by atoms with Crippen molar-refractivity contribution < 1.29 is 22.8 Å². The standard InChI is InChI=1S/C19H25F3N4O2/c1-3-8-23-17(27)13-25-9-11-26(12-10-25)14(2)18(28)24-16-6-4-15(5-7-16)19(20,21)22/h3-7,14H,1,8-13H2,2H3,(H,23,27)(H,24,28). The number of rotatable bonds is 7. The molecule has 0 spiro atoms. The third kappa shape index (κ3) is 6.35. The van der Waals surface area contributed by atoms with Crippen LogP contribution < -0.4 is 10.6 Å². The fourth-order valence-electron chi connectivity index (χ4n) is 2.91. The first-order chi connectivity index (χ1) is 13.2. The van der Waals surface area contributed by atoms with Gasteiger partial charge in [0, 0.05) is 38.4 Å². The van der Waals surface area contributed by atoms with E-state index < -0.39 is 17.8 Å². The second-order valence-corrected chi connectivity index (χ2v) is 6.65. The summed E-state index contributed by atoms with van der Waals surface area (Å²) in [5.74, 6) is -0.349. The molecule has 1 unspecified atom stereocenters. The Morgan fingerprint density at radius 3 is 2.32 bits per heavy atom. The van der Waals surface area contributed by atoms with Crippen LogP contribution in [0.3, 0.4) is 0 Å². The number of hydrogen-bond acceptors (Lipinski definition) is 4. The molecule has 28 heavy (non-hydrogen) atoms. The smallest absolute Gasteiger partial charge is 0.352 e. The van der Waals surface area contributed by atoms with Gasteiger partial charge in [0.2, 0.25) is 11.8 Å². The number of nitrogens with one attached hydrogen (secondary N) is 2. The summed E-state index contributed by atoms with van der Waals surface area (Å²) in [4.78, 5) is 28.1. The quantitative estimate of drug-likeness (QED) is 0.690. The molecule has 0 aliphatic carbocycles. The molecule has 1 aromatic carbocycles. The van der Waals surface area contributed by atoms with Crippen LogP contribution in [0.1, 0.15) is 12.5 Å². The molecule has 0 radical (unpaired) electrons. The van der Waals surface area contributed by atoms with Crippen LogP contribution in [0.5, 0.6) is 0 Å². The van der Waals surface area contributed by atoms with Crippen molar-refractivity contribution in [3.63, 3.8) is 0 Å². The Kier molecular flexibility index (Phi) is 7.59. The van der Waals surface area contributed by atoms with Gasteiger partial charge in [0.25, 0.3) is 0 Å². The minimum absolute atomic E-state index is 0.0681. The SMILES string of the molecule is C=CCNC(=O)CN1CCN(C(C)C(=O)Nc2ccc(C(F)(F)F)cc2)CC1. The van der Waals surface area contributed by atoms with Crippen molar-refractivity contribution in [1.82, 2.24) is 15.1 Å². The third-order valence-electron chi connectivity index (χ3n) is 4.62. The first kappa shape index (κ1) is 21.9. The summed E-state index contributed by atoms with van der Waals surface area (Å²) < 4.78 is 37.8. The largest absolute Gasteiger partial charge is 0.416 e. The van der Waals surface area contributed by atoms with Crippen molar-refractivity contribution in [2.45, 2.75) is 19.1 Å². The van der Waals surface area contributed by atoms with E-state index in [0.717, 1.165) is 12.1 Å². The summed E-state index contributed by atoms with van der Waals surface area (Å²) in [6, 6.07) is 3.94. The second-order valence-electron chi connectivity index (χ2n) is 6.65. The molecule has 1 aliphatic rings. The number of benzene rings is 1. The number of amides is 2. The fourth-order valence-corrected chi connectivity index (χ4v) is 2.91. The molecular formula is C19H25F3N4O2. The van der Waals surface area contributed by atoms with Crippen LogP contribution in [-0.2, 0) is 15.8 Å². The highest BCUT2D eigenvalue weighted by Crippen LogP contribution is 2.29. The highest BCUT2D eigenvalue weighted by Gasteiger charge is 2.30. The molecule has 1 heterocycles. The van der Waals surface area contributed by atoms with Crippen LogP contribution in [-0.4, -0.2) is 66.9 Å². The van der Waals surface area contributed by atoms with Crippen LogP contribution in [0.2, 0.25) is 0 Å². The Hall–Kier alpha value is -2.39. The molecule has 2 rings (SSSR count). The lowest BCUT2D eigenvalue weighted by Crippen LogP contribution is -2.54. The van der Waals surface area contributed by atoms with Crippen molar-refractivity contribution in [2.75, 3.05) is 44.6 Å². The van der Waals surface area contributed by atoms with Gasteiger partial charge in [0.15, 0.2) is 0 Å². The van der Waals surface area contributed by atoms with Crippen molar-refractivity contribution in [1.29, 1.82) is 0 Å². The maximum Gasteiger partial charge on any atom is 0.416 e. The number of nitrogens with zero attached hydrogens (tertiary/aromatic N) is 2. The Bertz CT molecular complexity index is 683. The molecule has 154 valence electrons. The van der Waals surface area contributed by atoms with E-state index >= 15 is 0 Å². The lowest BCUT2D eigenvalue weighted by atomic mass is 10.1. The zero-order valence-corrected chi connectivity index (χ0v) is 15.8. The molecule has 6 nitrogen and oxygen atoms in total. The topological polar surface area (TPSA) is 64.7 Å². The number of hydrogen-bond donors (Lipinski definition) is 2. The molecule has 2 amide bonds. The van der Waals surface area contributed by atoms with Crippen molar-refractivity contribution in [2.24, 2.45) is 0 Å². The Labute approximate surface area is 162 Å². The van der Waals surface area contributed by atoms with Gasteiger partial charge in [-0.15, -0.1) is 6.58 Å². The fraction of sp³-hybridized carbons (Fsp3) is 0.474. The van der Waals surface area contributed by atoms with Gasteiger partial charge in [0.05, 0.1) is 18.2 Å². The third-order valence-corrected chi connectivity index (χ3v) is 4.62. The number of carbonyl (C=O) groups excluding carboxylic acids is 2. The molecule has 1 fully saturated rings. The highest BCUT2D eigenvalue weighted by molar-refractivity contribution is 5.94. The zero-order chi connectivity index (χ0) is 20.7. The first-order valence-electron chi connectivity index (χ1n) is 9.03. The summed E-state index contributed by atoms with van der Waals surface area (Å²) in [6.07, 6.45) is -2.79. The van der Waals surface area contributed by atoms with Crippen LogP contribution in [0.25, 0.3) is 0 Å². The lowest BCUT2D eigenvalue weighted by molar-refractivity contribution is -0.137. The van der Waals surface area contributed by atoms with Crippen molar-refractivity contribution >= 4 is 17.5 Å². The van der Waals surface area contributed by atoms with Crippen molar-refractivity contribution in [3.8, 4) is 0 Å². The molecule has 1 saturated heterocycles.